The monoisotopic (exact) mass is 325 g/mol. The van der Waals surface area contributed by atoms with Gasteiger partial charge in [-0.1, -0.05) is 29.4 Å². The van der Waals surface area contributed by atoms with E-state index in [1.54, 1.807) is 13.1 Å². The average molecular weight is 326 g/mol. The van der Waals surface area contributed by atoms with Gasteiger partial charge in [-0.25, -0.2) is 14.4 Å². The topological polar surface area (TPSA) is 54.9 Å². The van der Waals surface area contributed by atoms with Crippen molar-refractivity contribution in [2.45, 2.75) is 11.1 Å². The van der Waals surface area contributed by atoms with Crippen LogP contribution in [0.4, 0.5) is 10.2 Å². The molecule has 0 bridgehead atoms. The lowest BCUT2D eigenvalue weighted by Crippen LogP contribution is -2.11. The Morgan fingerprint density at radius 2 is 2.24 bits per heavy atom. The second kappa shape index (κ2) is 6.87. The molecule has 2 rings (SSSR count). The van der Waals surface area contributed by atoms with Crippen LogP contribution in [-0.4, -0.2) is 29.6 Å². The van der Waals surface area contributed by atoms with Crippen LogP contribution in [0.1, 0.15) is 17.0 Å². The maximum atomic E-state index is 14.0. The summed E-state index contributed by atoms with van der Waals surface area (Å²) < 4.78 is 14.0. The maximum absolute atomic E-state index is 14.0. The molecule has 110 valence electrons. The van der Waals surface area contributed by atoms with Crippen LogP contribution in [0.25, 0.3) is 0 Å². The quantitative estimate of drug-likeness (QED) is 0.519. The number of carbonyl (C=O) groups is 1. The maximum Gasteiger partial charge on any atom is 0.189 e. The molecule has 2 aromatic rings. The number of benzene rings is 1. The molecule has 0 amide bonds. The summed E-state index contributed by atoms with van der Waals surface area (Å²) in [4.78, 5) is 19.9. The molecule has 0 saturated heterocycles. The number of anilines is 1. The number of carbonyl (C=O) groups excluding carboxylic acids is 1. The fourth-order valence-corrected chi connectivity index (χ4v) is 2.63. The van der Waals surface area contributed by atoms with Gasteiger partial charge in [-0.3, -0.25) is 0 Å². The Balaban J connectivity index is 2.59. The average Bonchev–Trinajstić information content (AvgIpc) is 2.50. The first-order chi connectivity index (χ1) is 10.1. The number of rotatable bonds is 5. The van der Waals surface area contributed by atoms with Gasteiger partial charge in [0.05, 0.1) is 5.92 Å². The van der Waals surface area contributed by atoms with Crippen LogP contribution in [0, 0.1) is 5.82 Å². The van der Waals surface area contributed by atoms with Gasteiger partial charge >= 0.3 is 0 Å². The van der Waals surface area contributed by atoms with Crippen molar-refractivity contribution < 1.29 is 9.18 Å². The number of nitrogens with one attached hydrogen (secondary N) is 1. The minimum atomic E-state index is -0.864. The molecule has 1 aromatic carbocycles. The summed E-state index contributed by atoms with van der Waals surface area (Å²) in [6, 6.07) is 4.32. The number of aromatic nitrogens is 2. The predicted octanol–water partition coefficient (Wildman–Crippen LogP) is 3.36. The molecular formula is C14H13ClFN3OS. The minimum Gasteiger partial charge on any atom is -0.373 e. The molecule has 0 aliphatic rings. The lowest BCUT2D eigenvalue weighted by Gasteiger charge is -2.16. The third kappa shape index (κ3) is 3.16. The molecule has 0 saturated carbocycles. The standard InChI is InChI=1S/C14H13ClFN3OS/c1-17-13-8(6-18-14(19-13)21-2)9(7-20)12-10(15)4-3-5-11(12)16/h3-7,9H,1-2H3,(H,17,18,19). The Bertz CT molecular complexity index is 648. The van der Waals surface area contributed by atoms with Gasteiger partial charge in [0.15, 0.2) is 5.16 Å². The third-order valence-corrected chi connectivity index (χ3v) is 3.89. The molecule has 7 heteroatoms. The highest BCUT2D eigenvalue weighted by Gasteiger charge is 2.24. The van der Waals surface area contributed by atoms with E-state index in [4.69, 9.17) is 11.6 Å². The van der Waals surface area contributed by atoms with Crippen LogP contribution in [0.15, 0.2) is 29.6 Å². The first kappa shape index (κ1) is 15.7. The zero-order valence-corrected chi connectivity index (χ0v) is 13.0. The normalized spacial score (nSPS) is 12.0. The lowest BCUT2D eigenvalue weighted by atomic mass is 9.93. The first-order valence-corrected chi connectivity index (χ1v) is 7.70. The highest BCUT2D eigenvalue weighted by atomic mass is 35.5. The van der Waals surface area contributed by atoms with Crippen molar-refractivity contribution in [3.8, 4) is 0 Å². The van der Waals surface area contributed by atoms with Crippen molar-refractivity contribution in [2.24, 2.45) is 0 Å². The van der Waals surface area contributed by atoms with Crippen LogP contribution in [0.5, 0.6) is 0 Å². The van der Waals surface area contributed by atoms with Gasteiger partial charge in [-0.2, -0.15) is 0 Å². The fraction of sp³-hybridized carbons (Fsp3) is 0.214. The second-order valence-corrected chi connectivity index (χ2v) is 5.34. The van der Waals surface area contributed by atoms with Gasteiger partial charge in [0.25, 0.3) is 0 Å². The Labute approximate surface area is 131 Å². The molecule has 1 N–H and O–H groups in total. The molecule has 1 heterocycles. The molecule has 1 atom stereocenters. The molecule has 0 aliphatic heterocycles. The zero-order valence-electron chi connectivity index (χ0n) is 11.4. The van der Waals surface area contributed by atoms with E-state index in [0.717, 1.165) is 0 Å². The van der Waals surface area contributed by atoms with Gasteiger partial charge in [0.2, 0.25) is 0 Å². The van der Waals surface area contributed by atoms with E-state index in [1.807, 2.05) is 6.26 Å². The van der Waals surface area contributed by atoms with Crippen molar-refractivity contribution >= 4 is 35.5 Å². The molecule has 0 fully saturated rings. The van der Waals surface area contributed by atoms with E-state index >= 15 is 0 Å². The summed E-state index contributed by atoms with van der Waals surface area (Å²) in [5, 5.41) is 3.66. The number of hydrogen-bond acceptors (Lipinski definition) is 5. The van der Waals surface area contributed by atoms with Crippen LogP contribution in [0.2, 0.25) is 5.02 Å². The van der Waals surface area contributed by atoms with Gasteiger partial charge in [0, 0.05) is 29.4 Å². The lowest BCUT2D eigenvalue weighted by molar-refractivity contribution is -0.108. The molecular weight excluding hydrogens is 313 g/mol. The Kier molecular flexibility index (Phi) is 5.14. The summed E-state index contributed by atoms with van der Waals surface area (Å²) in [5.74, 6) is -0.918. The van der Waals surface area contributed by atoms with Crippen molar-refractivity contribution in [2.75, 3.05) is 18.6 Å². The van der Waals surface area contributed by atoms with E-state index in [2.05, 4.69) is 15.3 Å². The Morgan fingerprint density at radius 1 is 1.48 bits per heavy atom. The SMILES string of the molecule is CNc1nc(SC)ncc1C(C=O)c1c(F)cccc1Cl. The van der Waals surface area contributed by atoms with E-state index < -0.39 is 11.7 Å². The zero-order chi connectivity index (χ0) is 15.4. The highest BCUT2D eigenvalue weighted by Crippen LogP contribution is 2.34. The number of aldehydes is 1. The van der Waals surface area contributed by atoms with E-state index in [-0.39, 0.29) is 10.6 Å². The van der Waals surface area contributed by atoms with Crippen molar-refractivity contribution in [1.82, 2.24) is 9.97 Å². The van der Waals surface area contributed by atoms with Crippen LogP contribution in [-0.2, 0) is 4.79 Å². The van der Waals surface area contributed by atoms with Gasteiger partial charge in [-0.15, -0.1) is 0 Å². The summed E-state index contributed by atoms with van der Waals surface area (Å²) >= 11 is 7.42. The summed E-state index contributed by atoms with van der Waals surface area (Å²) in [6.45, 7) is 0. The van der Waals surface area contributed by atoms with Crippen LogP contribution >= 0.6 is 23.4 Å². The predicted molar refractivity (Wildman–Crippen MR) is 82.7 cm³/mol. The molecule has 1 aromatic heterocycles. The number of thioether (sulfide) groups is 1. The highest BCUT2D eigenvalue weighted by molar-refractivity contribution is 7.98. The van der Waals surface area contributed by atoms with Gasteiger partial charge in [-0.05, 0) is 18.4 Å². The second-order valence-electron chi connectivity index (χ2n) is 4.16. The van der Waals surface area contributed by atoms with E-state index in [1.165, 1.54) is 30.1 Å². The Morgan fingerprint density at radius 3 is 2.81 bits per heavy atom. The smallest absolute Gasteiger partial charge is 0.189 e. The summed E-state index contributed by atoms with van der Waals surface area (Å²) in [6.07, 6.45) is 4.01. The summed E-state index contributed by atoms with van der Waals surface area (Å²) in [5.41, 5.74) is 0.614. The summed E-state index contributed by atoms with van der Waals surface area (Å²) in [7, 11) is 1.68. The van der Waals surface area contributed by atoms with Crippen LogP contribution < -0.4 is 5.32 Å². The molecule has 21 heavy (non-hydrogen) atoms. The van der Waals surface area contributed by atoms with E-state index in [9.17, 15) is 9.18 Å². The van der Waals surface area contributed by atoms with Crippen molar-refractivity contribution in [3.63, 3.8) is 0 Å². The largest absolute Gasteiger partial charge is 0.373 e. The number of halogens is 2. The molecule has 1 unspecified atom stereocenters. The first-order valence-electron chi connectivity index (χ1n) is 6.10. The Hall–Kier alpha value is -1.66. The molecule has 0 aliphatic carbocycles. The number of hydrogen-bond donors (Lipinski definition) is 1. The van der Waals surface area contributed by atoms with E-state index in [0.29, 0.717) is 22.8 Å². The minimum absolute atomic E-state index is 0.131. The molecule has 0 spiro atoms. The number of nitrogens with zero attached hydrogens (tertiary/aromatic N) is 2. The van der Waals surface area contributed by atoms with Crippen LogP contribution in [0.3, 0.4) is 0 Å². The molecule has 4 nitrogen and oxygen atoms in total. The van der Waals surface area contributed by atoms with Crippen molar-refractivity contribution in [1.29, 1.82) is 0 Å². The van der Waals surface area contributed by atoms with Gasteiger partial charge in [0.1, 0.15) is 17.9 Å². The fourth-order valence-electron chi connectivity index (χ4n) is 2.01. The van der Waals surface area contributed by atoms with Gasteiger partial charge < -0.3 is 10.1 Å². The molecule has 0 radical (unpaired) electrons. The third-order valence-electron chi connectivity index (χ3n) is 3.00. The van der Waals surface area contributed by atoms with Crippen molar-refractivity contribution in [3.05, 3.63) is 46.4 Å².